The van der Waals surface area contributed by atoms with Crippen LogP contribution < -0.4 is 0 Å². The minimum Gasteiger partial charge on any atom is -0.396 e. The van der Waals surface area contributed by atoms with Gasteiger partial charge in [-0.05, 0) is 48.7 Å². The summed E-state index contributed by atoms with van der Waals surface area (Å²) in [6.07, 6.45) is 4.63. The maximum atomic E-state index is 9.16. The fourth-order valence-corrected chi connectivity index (χ4v) is 3.25. The fraction of sp³-hybridized carbons (Fsp3) is 0.769. The van der Waals surface area contributed by atoms with Crippen molar-refractivity contribution in [3.8, 4) is 0 Å². The van der Waals surface area contributed by atoms with E-state index in [1.54, 1.807) is 0 Å². The quantitative estimate of drug-likeness (QED) is 0.926. The second-order valence-electron chi connectivity index (χ2n) is 5.10. The molecule has 1 N–H and O–H groups in total. The van der Waals surface area contributed by atoms with Crippen LogP contribution in [0.5, 0.6) is 0 Å². The first-order chi connectivity index (χ1) is 8.63. The molecule has 5 heteroatoms. The summed E-state index contributed by atoms with van der Waals surface area (Å²) >= 11 is 3.63. The molecule has 0 radical (unpaired) electrons. The summed E-state index contributed by atoms with van der Waals surface area (Å²) in [5, 5.41) is 13.6. The Kier molecular flexibility index (Phi) is 4.81. The predicted molar refractivity (Wildman–Crippen MR) is 75.4 cm³/mol. The lowest BCUT2D eigenvalue weighted by Crippen LogP contribution is -2.39. The topological polar surface area (TPSA) is 41.3 Å². The summed E-state index contributed by atoms with van der Waals surface area (Å²) in [5.41, 5.74) is 2.28. The van der Waals surface area contributed by atoms with E-state index in [2.05, 4.69) is 25.9 Å². The fourth-order valence-electron chi connectivity index (χ4n) is 2.79. The lowest BCUT2D eigenvalue weighted by atomic mass is 9.99. The number of aryl methyl sites for hydroxylation is 2. The molecule has 0 spiro atoms. The molecular formula is C13H22BrN3O. The van der Waals surface area contributed by atoms with E-state index in [0.29, 0.717) is 6.04 Å². The van der Waals surface area contributed by atoms with Crippen LogP contribution in [0.25, 0.3) is 0 Å². The van der Waals surface area contributed by atoms with Crippen molar-refractivity contribution in [2.24, 2.45) is 7.05 Å². The molecule has 0 amide bonds. The van der Waals surface area contributed by atoms with Gasteiger partial charge in [0.05, 0.1) is 15.9 Å². The second-order valence-corrected chi connectivity index (χ2v) is 5.90. The molecule has 2 rings (SSSR count). The summed E-state index contributed by atoms with van der Waals surface area (Å²) in [6.45, 7) is 4.35. The van der Waals surface area contributed by atoms with Gasteiger partial charge in [0.25, 0.3) is 0 Å². The molecule has 2 heterocycles. The summed E-state index contributed by atoms with van der Waals surface area (Å²) in [6, 6.07) is 0.519. The van der Waals surface area contributed by atoms with E-state index in [-0.39, 0.29) is 6.61 Å². The van der Waals surface area contributed by atoms with Crippen LogP contribution in [0.3, 0.4) is 0 Å². The molecule has 0 aliphatic carbocycles. The highest BCUT2D eigenvalue weighted by atomic mass is 79.9. The largest absolute Gasteiger partial charge is 0.396 e. The molecule has 1 atom stereocenters. The number of aromatic nitrogens is 2. The van der Waals surface area contributed by atoms with Crippen LogP contribution >= 0.6 is 15.9 Å². The molecule has 0 bridgehead atoms. The standard InChI is InChI=1S/C13H22BrN3O/c1-10-13(14)12(16(2)15-10)9-17-7-4-3-5-11(17)6-8-18/h11,18H,3-9H2,1-2H3. The van der Waals surface area contributed by atoms with Gasteiger partial charge in [-0.15, -0.1) is 0 Å². The molecule has 18 heavy (non-hydrogen) atoms. The monoisotopic (exact) mass is 315 g/mol. The van der Waals surface area contributed by atoms with Gasteiger partial charge >= 0.3 is 0 Å². The summed E-state index contributed by atoms with van der Waals surface area (Å²) < 4.78 is 3.09. The average Bonchev–Trinajstić information content (AvgIpc) is 2.59. The maximum Gasteiger partial charge on any atom is 0.0739 e. The average molecular weight is 316 g/mol. The molecule has 1 aromatic heterocycles. The Morgan fingerprint density at radius 2 is 2.22 bits per heavy atom. The molecule has 1 aliphatic rings. The van der Waals surface area contributed by atoms with E-state index in [0.717, 1.165) is 29.7 Å². The van der Waals surface area contributed by atoms with Crippen molar-refractivity contribution < 1.29 is 5.11 Å². The zero-order valence-corrected chi connectivity index (χ0v) is 12.8. The van der Waals surface area contributed by atoms with Gasteiger partial charge in [-0.2, -0.15) is 5.10 Å². The Labute approximate surface area is 117 Å². The Bertz CT molecular complexity index is 403. The van der Waals surface area contributed by atoms with Crippen LogP contribution in [0, 0.1) is 6.92 Å². The van der Waals surface area contributed by atoms with Crippen LogP contribution in [0.15, 0.2) is 4.47 Å². The van der Waals surface area contributed by atoms with Crippen LogP contribution in [-0.2, 0) is 13.6 Å². The summed E-state index contributed by atoms with van der Waals surface area (Å²) in [7, 11) is 2.00. The predicted octanol–water partition coefficient (Wildman–Crippen LogP) is 2.23. The zero-order valence-electron chi connectivity index (χ0n) is 11.2. The van der Waals surface area contributed by atoms with Crippen molar-refractivity contribution in [2.75, 3.05) is 13.2 Å². The first-order valence-corrected chi connectivity index (χ1v) is 7.45. The van der Waals surface area contributed by atoms with E-state index in [1.807, 2.05) is 18.7 Å². The van der Waals surface area contributed by atoms with Crippen molar-refractivity contribution in [3.05, 3.63) is 15.9 Å². The van der Waals surface area contributed by atoms with Crippen LogP contribution in [0.2, 0.25) is 0 Å². The molecule has 1 aliphatic heterocycles. The molecular weight excluding hydrogens is 294 g/mol. The van der Waals surface area contributed by atoms with Gasteiger partial charge in [0, 0.05) is 26.2 Å². The van der Waals surface area contributed by atoms with Gasteiger partial charge in [0.2, 0.25) is 0 Å². The highest BCUT2D eigenvalue weighted by molar-refractivity contribution is 9.10. The Balaban J connectivity index is 2.10. The first kappa shape index (κ1) is 14.0. The van der Waals surface area contributed by atoms with Crippen LogP contribution in [0.1, 0.15) is 37.1 Å². The van der Waals surface area contributed by atoms with Crippen LogP contribution in [0.4, 0.5) is 0 Å². The third-order valence-corrected chi connectivity index (χ3v) is 4.86. The van der Waals surface area contributed by atoms with Gasteiger partial charge < -0.3 is 5.11 Å². The molecule has 102 valence electrons. The zero-order chi connectivity index (χ0) is 13.1. The number of aliphatic hydroxyl groups is 1. The Morgan fingerprint density at radius 1 is 1.44 bits per heavy atom. The van der Waals surface area contributed by atoms with Crippen molar-refractivity contribution in [3.63, 3.8) is 0 Å². The number of rotatable bonds is 4. The van der Waals surface area contributed by atoms with Crippen LogP contribution in [-0.4, -0.2) is 39.0 Å². The van der Waals surface area contributed by atoms with Gasteiger partial charge in [0.1, 0.15) is 0 Å². The number of halogens is 1. The third-order valence-electron chi connectivity index (χ3n) is 3.83. The Morgan fingerprint density at radius 3 is 2.83 bits per heavy atom. The van der Waals surface area contributed by atoms with Gasteiger partial charge in [-0.1, -0.05) is 6.42 Å². The molecule has 4 nitrogen and oxygen atoms in total. The normalized spacial score (nSPS) is 21.4. The van der Waals surface area contributed by atoms with E-state index >= 15 is 0 Å². The molecule has 0 saturated carbocycles. The smallest absolute Gasteiger partial charge is 0.0739 e. The minimum atomic E-state index is 0.284. The lowest BCUT2D eigenvalue weighted by Gasteiger charge is -2.35. The van der Waals surface area contributed by atoms with Crippen molar-refractivity contribution in [1.82, 2.24) is 14.7 Å². The second kappa shape index (κ2) is 6.17. The maximum absolute atomic E-state index is 9.16. The molecule has 0 aromatic carbocycles. The SMILES string of the molecule is Cc1nn(C)c(CN2CCCCC2CCO)c1Br. The highest BCUT2D eigenvalue weighted by Crippen LogP contribution is 2.26. The van der Waals surface area contributed by atoms with Gasteiger partial charge in [0.15, 0.2) is 0 Å². The molecule has 1 saturated heterocycles. The molecule has 1 fully saturated rings. The van der Waals surface area contributed by atoms with Gasteiger partial charge in [-0.3, -0.25) is 9.58 Å². The number of piperidine rings is 1. The van der Waals surface area contributed by atoms with Gasteiger partial charge in [-0.25, -0.2) is 0 Å². The van der Waals surface area contributed by atoms with E-state index < -0.39 is 0 Å². The van der Waals surface area contributed by atoms with E-state index in [4.69, 9.17) is 5.11 Å². The molecule has 1 unspecified atom stereocenters. The van der Waals surface area contributed by atoms with Crippen molar-refractivity contribution in [2.45, 2.75) is 45.2 Å². The minimum absolute atomic E-state index is 0.284. The van der Waals surface area contributed by atoms with E-state index in [1.165, 1.54) is 25.0 Å². The van der Waals surface area contributed by atoms with Crippen molar-refractivity contribution >= 4 is 15.9 Å². The molecule has 1 aromatic rings. The summed E-state index contributed by atoms with van der Waals surface area (Å²) in [5.74, 6) is 0. The van der Waals surface area contributed by atoms with Crippen molar-refractivity contribution in [1.29, 1.82) is 0 Å². The number of likely N-dealkylation sites (tertiary alicyclic amines) is 1. The third kappa shape index (κ3) is 2.95. The number of hydrogen-bond donors (Lipinski definition) is 1. The number of nitrogens with zero attached hydrogens (tertiary/aromatic N) is 3. The first-order valence-electron chi connectivity index (χ1n) is 6.66. The summed E-state index contributed by atoms with van der Waals surface area (Å²) in [4.78, 5) is 2.49. The highest BCUT2D eigenvalue weighted by Gasteiger charge is 2.24. The number of hydrogen-bond acceptors (Lipinski definition) is 3. The van der Waals surface area contributed by atoms with E-state index in [9.17, 15) is 0 Å². The lowest BCUT2D eigenvalue weighted by molar-refractivity contribution is 0.109. The Hall–Kier alpha value is -0.390. The number of aliphatic hydroxyl groups excluding tert-OH is 1.